The molecule has 2 rings (SSSR count). The molecule has 1 aliphatic carbocycles. The van der Waals surface area contributed by atoms with E-state index in [1.165, 1.54) is 31.2 Å². The first-order valence-electron chi connectivity index (χ1n) is 7.20. The Hall–Kier alpha value is -0.870. The summed E-state index contributed by atoms with van der Waals surface area (Å²) < 4.78 is 1.99. The number of rotatable bonds is 6. The number of likely N-dealkylation sites (N-methyl/N-ethyl adjacent to an activating group) is 1. The van der Waals surface area contributed by atoms with Crippen molar-refractivity contribution in [3.8, 4) is 0 Å². The second kappa shape index (κ2) is 5.85. The molecule has 1 saturated carbocycles. The first kappa shape index (κ1) is 13.6. The first-order valence-corrected chi connectivity index (χ1v) is 7.20. The van der Waals surface area contributed by atoms with Crippen LogP contribution in [0.3, 0.4) is 0 Å². The van der Waals surface area contributed by atoms with Crippen LogP contribution in [-0.4, -0.2) is 33.3 Å². The number of hydrogen-bond acceptors (Lipinski definition) is 3. The normalized spacial score (nSPS) is 18.7. The molecular weight excluding hydrogens is 224 g/mol. The highest BCUT2D eigenvalue weighted by molar-refractivity contribution is 5.06. The van der Waals surface area contributed by atoms with Gasteiger partial charge in [0.2, 0.25) is 0 Å². The van der Waals surface area contributed by atoms with E-state index in [9.17, 15) is 0 Å². The summed E-state index contributed by atoms with van der Waals surface area (Å²) in [5.74, 6) is 0. The summed E-state index contributed by atoms with van der Waals surface area (Å²) in [5.41, 5.74) is 7.61. The van der Waals surface area contributed by atoms with Gasteiger partial charge in [-0.15, -0.1) is 0 Å². The Morgan fingerprint density at radius 3 is 2.61 bits per heavy atom. The van der Waals surface area contributed by atoms with Crippen molar-refractivity contribution in [2.45, 2.75) is 58.2 Å². The highest BCUT2D eigenvalue weighted by Gasteiger charge is 2.37. The molecule has 0 unspecified atom stereocenters. The van der Waals surface area contributed by atoms with Crippen LogP contribution in [0.4, 0.5) is 0 Å². The summed E-state index contributed by atoms with van der Waals surface area (Å²) in [6, 6.07) is 0. The lowest BCUT2D eigenvalue weighted by atomic mass is 9.94. The van der Waals surface area contributed by atoms with E-state index in [2.05, 4.69) is 30.0 Å². The fourth-order valence-corrected chi connectivity index (χ4v) is 3.18. The van der Waals surface area contributed by atoms with Gasteiger partial charge in [-0.1, -0.05) is 19.8 Å². The van der Waals surface area contributed by atoms with E-state index in [1.54, 1.807) is 0 Å². The van der Waals surface area contributed by atoms with Gasteiger partial charge in [-0.3, -0.25) is 9.58 Å². The summed E-state index contributed by atoms with van der Waals surface area (Å²) in [6.07, 6.45) is 9.29. The molecule has 0 saturated heterocycles. The monoisotopic (exact) mass is 250 g/mol. The lowest BCUT2D eigenvalue weighted by molar-refractivity contribution is 0.0970. The van der Waals surface area contributed by atoms with Crippen molar-refractivity contribution in [3.05, 3.63) is 18.0 Å². The van der Waals surface area contributed by atoms with Crippen molar-refractivity contribution < 1.29 is 0 Å². The third-order valence-electron chi connectivity index (χ3n) is 4.35. The standard InChI is InChI=1S/C14H26N4/c1-3-17(14(12-15)7-5-6-8-14)10-13-9-16-18(4-2)11-13/h9,11H,3-8,10,12,15H2,1-2H3. The van der Waals surface area contributed by atoms with Crippen molar-refractivity contribution in [2.24, 2.45) is 5.73 Å². The Morgan fingerprint density at radius 2 is 2.11 bits per heavy atom. The predicted octanol–water partition coefficient (Wildman–Crippen LogP) is 2.00. The van der Waals surface area contributed by atoms with Crippen molar-refractivity contribution in [1.29, 1.82) is 0 Å². The Bertz CT molecular complexity index is 366. The van der Waals surface area contributed by atoms with E-state index in [4.69, 9.17) is 5.73 Å². The Labute approximate surface area is 110 Å². The second-order valence-electron chi connectivity index (χ2n) is 5.35. The van der Waals surface area contributed by atoms with Gasteiger partial charge >= 0.3 is 0 Å². The van der Waals surface area contributed by atoms with Crippen LogP contribution in [0.2, 0.25) is 0 Å². The van der Waals surface area contributed by atoms with Crippen LogP contribution < -0.4 is 5.73 Å². The first-order chi connectivity index (χ1) is 8.74. The van der Waals surface area contributed by atoms with Crippen LogP contribution in [0.25, 0.3) is 0 Å². The third kappa shape index (κ3) is 2.59. The highest BCUT2D eigenvalue weighted by atomic mass is 15.3. The number of aryl methyl sites for hydroxylation is 1. The van der Waals surface area contributed by atoms with Gasteiger partial charge in [0.1, 0.15) is 0 Å². The molecule has 0 aromatic carbocycles. The zero-order valence-corrected chi connectivity index (χ0v) is 11.7. The maximum atomic E-state index is 6.07. The fraction of sp³-hybridized carbons (Fsp3) is 0.786. The van der Waals surface area contributed by atoms with Crippen molar-refractivity contribution >= 4 is 0 Å². The van der Waals surface area contributed by atoms with Gasteiger partial charge in [0.05, 0.1) is 6.20 Å². The maximum Gasteiger partial charge on any atom is 0.0534 e. The predicted molar refractivity (Wildman–Crippen MR) is 74.2 cm³/mol. The van der Waals surface area contributed by atoms with Crippen LogP contribution in [0, 0.1) is 0 Å². The summed E-state index contributed by atoms with van der Waals surface area (Å²) in [4.78, 5) is 2.55. The molecule has 18 heavy (non-hydrogen) atoms. The molecule has 1 aromatic rings. The molecule has 0 spiro atoms. The maximum absolute atomic E-state index is 6.07. The molecule has 4 nitrogen and oxygen atoms in total. The van der Waals surface area contributed by atoms with Gasteiger partial charge in [0.25, 0.3) is 0 Å². The molecule has 0 amide bonds. The van der Waals surface area contributed by atoms with E-state index in [1.807, 2.05) is 10.9 Å². The molecule has 1 fully saturated rings. The van der Waals surface area contributed by atoms with Gasteiger partial charge in [-0.25, -0.2) is 0 Å². The van der Waals surface area contributed by atoms with Gasteiger partial charge < -0.3 is 5.73 Å². The van der Waals surface area contributed by atoms with E-state index >= 15 is 0 Å². The van der Waals surface area contributed by atoms with Gasteiger partial charge in [0.15, 0.2) is 0 Å². The highest BCUT2D eigenvalue weighted by Crippen LogP contribution is 2.35. The number of hydrogen-bond donors (Lipinski definition) is 1. The van der Waals surface area contributed by atoms with Crippen molar-refractivity contribution in [1.82, 2.24) is 14.7 Å². The molecule has 0 radical (unpaired) electrons. The van der Waals surface area contributed by atoms with Crippen molar-refractivity contribution in [3.63, 3.8) is 0 Å². The number of aromatic nitrogens is 2. The smallest absolute Gasteiger partial charge is 0.0534 e. The molecule has 1 heterocycles. The minimum atomic E-state index is 0.239. The third-order valence-corrected chi connectivity index (χ3v) is 4.35. The van der Waals surface area contributed by atoms with Gasteiger partial charge in [0, 0.05) is 36.9 Å². The van der Waals surface area contributed by atoms with Crippen LogP contribution in [0.15, 0.2) is 12.4 Å². The topological polar surface area (TPSA) is 47.1 Å². The molecule has 4 heteroatoms. The zero-order chi connectivity index (χ0) is 13.0. The Balaban J connectivity index is 2.08. The molecule has 0 aliphatic heterocycles. The SMILES string of the molecule is CCN(Cc1cnn(CC)c1)C1(CN)CCCC1. The number of nitrogens with two attached hydrogens (primary N) is 1. The van der Waals surface area contributed by atoms with E-state index in [-0.39, 0.29) is 5.54 Å². The largest absolute Gasteiger partial charge is 0.329 e. The van der Waals surface area contributed by atoms with Crippen molar-refractivity contribution in [2.75, 3.05) is 13.1 Å². The fourth-order valence-electron chi connectivity index (χ4n) is 3.18. The summed E-state index contributed by atoms with van der Waals surface area (Å²) in [6.45, 7) is 8.12. The lowest BCUT2D eigenvalue weighted by Crippen LogP contribution is -2.51. The molecule has 0 bridgehead atoms. The second-order valence-corrected chi connectivity index (χ2v) is 5.35. The van der Waals surface area contributed by atoms with Crippen LogP contribution in [-0.2, 0) is 13.1 Å². The minimum absolute atomic E-state index is 0.239. The summed E-state index contributed by atoms with van der Waals surface area (Å²) in [7, 11) is 0. The summed E-state index contributed by atoms with van der Waals surface area (Å²) >= 11 is 0. The molecule has 0 atom stereocenters. The Morgan fingerprint density at radius 1 is 1.39 bits per heavy atom. The van der Waals surface area contributed by atoms with Crippen LogP contribution in [0.1, 0.15) is 45.1 Å². The minimum Gasteiger partial charge on any atom is -0.329 e. The average Bonchev–Trinajstić information content (AvgIpc) is 3.05. The van der Waals surface area contributed by atoms with E-state index < -0.39 is 0 Å². The average molecular weight is 250 g/mol. The van der Waals surface area contributed by atoms with Crippen LogP contribution in [0.5, 0.6) is 0 Å². The molecule has 1 aliphatic rings. The number of nitrogens with zero attached hydrogens (tertiary/aromatic N) is 3. The lowest BCUT2D eigenvalue weighted by Gasteiger charge is -2.40. The Kier molecular flexibility index (Phi) is 4.40. The van der Waals surface area contributed by atoms with Crippen LogP contribution >= 0.6 is 0 Å². The van der Waals surface area contributed by atoms with Gasteiger partial charge in [-0.2, -0.15) is 5.10 Å². The molecule has 102 valence electrons. The molecule has 2 N–H and O–H groups in total. The zero-order valence-electron chi connectivity index (χ0n) is 11.7. The summed E-state index contributed by atoms with van der Waals surface area (Å²) in [5, 5.41) is 4.36. The van der Waals surface area contributed by atoms with Gasteiger partial charge in [-0.05, 0) is 26.3 Å². The van der Waals surface area contributed by atoms with E-state index in [0.29, 0.717) is 0 Å². The van der Waals surface area contributed by atoms with E-state index in [0.717, 1.165) is 26.2 Å². The molecular formula is C14H26N4. The quantitative estimate of drug-likeness (QED) is 0.840. The molecule has 1 aromatic heterocycles.